The van der Waals surface area contributed by atoms with Crippen LogP contribution >= 0.6 is 0 Å². The maximum Gasteiger partial charge on any atom is 0.358 e. The lowest BCUT2D eigenvalue weighted by molar-refractivity contribution is 0.0686. The van der Waals surface area contributed by atoms with E-state index < -0.39 is 5.97 Å². The van der Waals surface area contributed by atoms with Crippen LogP contribution in [0.5, 0.6) is 11.8 Å². The Morgan fingerprint density at radius 2 is 2.11 bits per heavy atom. The summed E-state index contributed by atoms with van der Waals surface area (Å²) in [6.45, 7) is 1.54. The number of benzene rings is 1. The standard InChI is InChI=1S/C12H9N3O4/c1-7-9(10(16)17)15-12(18-7)13-11(14-15)19-8-5-3-2-4-6-8/h2-6H,1H3,(H,16,17). The van der Waals surface area contributed by atoms with Gasteiger partial charge in [-0.05, 0) is 19.1 Å². The van der Waals surface area contributed by atoms with E-state index in [0.29, 0.717) is 5.75 Å². The topological polar surface area (TPSA) is 89.9 Å². The number of hydrogen-bond donors (Lipinski definition) is 1. The van der Waals surface area contributed by atoms with Crippen molar-refractivity contribution in [1.29, 1.82) is 0 Å². The molecule has 0 aliphatic carbocycles. The molecule has 0 aliphatic heterocycles. The summed E-state index contributed by atoms with van der Waals surface area (Å²) in [5, 5.41) is 13.0. The molecule has 3 rings (SSSR count). The number of hydrogen-bond acceptors (Lipinski definition) is 5. The first kappa shape index (κ1) is 11.3. The molecule has 1 aromatic carbocycles. The minimum atomic E-state index is -1.13. The summed E-state index contributed by atoms with van der Waals surface area (Å²) in [6.07, 6.45) is 0. The van der Waals surface area contributed by atoms with E-state index in [1.54, 1.807) is 12.1 Å². The number of aromatic nitrogens is 3. The van der Waals surface area contributed by atoms with Gasteiger partial charge >= 0.3 is 17.8 Å². The number of ether oxygens (including phenoxy) is 1. The molecular formula is C12H9N3O4. The van der Waals surface area contributed by atoms with E-state index in [1.165, 1.54) is 6.92 Å². The summed E-state index contributed by atoms with van der Waals surface area (Å²) in [5.41, 5.74) is -0.0644. The van der Waals surface area contributed by atoms with Gasteiger partial charge in [0.15, 0.2) is 5.69 Å². The van der Waals surface area contributed by atoms with E-state index in [2.05, 4.69) is 10.1 Å². The van der Waals surface area contributed by atoms with Gasteiger partial charge in [-0.15, -0.1) is 10.1 Å². The molecule has 2 heterocycles. The first-order chi connectivity index (χ1) is 9.15. The maximum atomic E-state index is 11.1. The van der Waals surface area contributed by atoms with E-state index in [0.717, 1.165) is 4.52 Å². The Morgan fingerprint density at radius 1 is 1.37 bits per heavy atom. The molecule has 7 nitrogen and oxygen atoms in total. The van der Waals surface area contributed by atoms with E-state index in [9.17, 15) is 4.79 Å². The first-order valence-corrected chi connectivity index (χ1v) is 5.47. The average Bonchev–Trinajstić information content (AvgIpc) is 2.85. The average molecular weight is 259 g/mol. The summed E-state index contributed by atoms with van der Waals surface area (Å²) < 4.78 is 11.7. The minimum absolute atomic E-state index is 0.0347. The Hall–Kier alpha value is -2.83. The van der Waals surface area contributed by atoms with Crippen molar-refractivity contribution in [3.63, 3.8) is 0 Å². The van der Waals surface area contributed by atoms with Crippen LogP contribution in [-0.4, -0.2) is 25.7 Å². The fraction of sp³-hybridized carbons (Fsp3) is 0.0833. The minimum Gasteiger partial charge on any atom is -0.476 e. The second kappa shape index (κ2) is 4.13. The molecule has 7 heteroatoms. The predicted molar refractivity (Wildman–Crippen MR) is 63.5 cm³/mol. The van der Waals surface area contributed by atoms with Gasteiger partial charge < -0.3 is 14.3 Å². The molecular weight excluding hydrogens is 250 g/mol. The largest absolute Gasteiger partial charge is 0.476 e. The molecule has 3 aromatic rings. The number of fused-ring (bicyclic) bond motifs is 1. The van der Waals surface area contributed by atoms with Crippen molar-refractivity contribution < 1.29 is 19.1 Å². The molecule has 0 amide bonds. The number of carboxylic acids is 1. The third kappa shape index (κ3) is 1.90. The molecule has 96 valence electrons. The molecule has 0 radical (unpaired) electrons. The second-order valence-corrected chi connectivity index (χ2v) is 3.82. The Balaban J connectivity index is 2.01. The van der Waals surface area contributed by atoms with Crippen molar-refractivity contribution in [2.45, 2.75) is 6.92 Å². The van der Waals surface area contributed by atoms with Crippen LogP contribution in [0.25, 0.3) is 5.84 Å². The molecule has 0 aliphatic rings. The van der Waals surface area contributed by atoms with Crippen LogP contribution in [0.3, 0.4) is 0 Å². The molecule has 0 spiro atoms. The third-order valence-corrected chi connectivity index (χ3v) is 2.50. The highest BCUT2D eigenvalue weighted by atomic mass is 16.5. The predicted octanol–water partition coefficient (Wildman–Crippen LogP) is 2.12. The number of nitrogens with zero attached hydrogens (tertiary/aromatic N) is 3. The second-order valence-electron chi connectivity index (χ2n) is 3.82. The van der Waals surface area contributed by atoms with Gasteiger partial charge in [0, 0.05) is 0 Å². The van der Waals surface area contributed by atoms with Crippen LogP contribution in [0, 0.1) is 6.92 Å². The zero-order chi connectivity index (χ0) is 13.4. The SMILES string of the molecule is Cc1oc2nc(Oc3ccccc3)nn2c1C(=O)O. The van der Waals surface area contributed by atoms with Gasteiger partial charge in [-0.25, -0.2) is 4.79 Å². The van der Waals surface area contributed by atoms with Crippen LogP contribution in [0.15, 0.2) is 34.7 Å². The van der Waals surface area contributed by atoms with Crippen molar-refractivity contribution in [2.24, 2.45) is 0 Å². The van der Waals surface area contributed by atoms with Gasteiger partial charge in [0.1, 0.15) is 11.5 Å². The van der Waals surface area contributed by atoms with Crippen LogP contribution in [0.1, 0.15) is 16.2 Å². The van der Waals surface area contributed by atoms with E-state index >= 15 is 0 Å². The fourth-order valence-electron chi connectivity index (χ4n) is 1.70. The van der Waals surface area contributed by atoms with Gasteiger partial charge in [-0.2, -0.15) is 4.52 Å². The molecule has 0 saturated heterocycles. The molecule has 19 heavy (non-hydrogen) atoms. The number of carboxylic acid groups (broad SMARTS) is 1. The Bertz CT molecular complexity index is 745. The van der Waals surface area contributed by atoms with Gasteiger partial charge in [-0.3, -0.25) is 0 Å². The highest BCUT2D eigenvalue weighted by Crippen LogP contribution is 2.21. The van der Waals surface area contributed by atoms with Gasteiger partial charge in [0.2, 0.25) is 0 Å². The number of oxazole rings is 1. The highest BCUT2D eigenvalue weighted by molar-refractivity contribution is 5.87. The lowest BCUT2D eigenvalue weighted by Crippen LogP contribution is -2.04. The van der Waals surface area contributed by atoms with Gasteiger partial charge in [0.25, 0.3) is 0 Å². The van der Waals surface area contributed by atoms with E-state index in [4.69, 9.17) is 14.3 Å². The monoisotopic (exact) mass is 259 g/mol. The molecule has 0 bridgehead atoms. The molecule has 0 fully saturated rings. The Labute approximate surface area is 107 Å². The quantitative estimate of drug-likeness (QED) is 0.774. The fourth-order valence-corrected chi connectivity index (χ4v) is 1.70. The smallest absolute Gasteiger partial charge is 0.358 e. The summed E-state index contributed by atoms with van der Waals surface area (Å²) in [7, 11) is 0. The lowest BCUT2D eigenvalue weighted by Gasteiger charge is -1.98. The van der Waals surface area contributed by atoms with Crippen LogP contribution in [0.4, 0.5) is 0 Å². The maximum absolute atomic E-state index is 11.1. The number of rotatable bonds is 3. The highest BCUT2D eigenvalue weighted by Gasteiger charge is 2.21. The third-order valence-electron chi connectivity index (χ3n) is 2.50. The van der Waals surface area contributed by atoms with Crippen molar-refractivity contribution in [3.8, 4) is 11.8 Å². The molecule has 0 atom stereocenters. The summed E-state index contributed by atoms with van der Waals surface area (Å²) in [4.78, 5) is 15.0. The zero-order valence-electron chi connectivity index (χ0n) is 9.90. The van der Waals surface area contributed by atoms with Crippen molar-refractivity contribution in [3.05, 3.63) is 41.8 Å². The van der Waals surface area contributed by atoms with Gasteiger partial charge in [-0.1, -0.05) is 18.2 Å². The Kier molecular flexibility index (Phi) is 2.45. The number of aromatic carboxylic acids is 1. The molecule has 0 saturated carbocycles. The Morgan fingerprint density at radius 3 is 2.79 bits per heavy atom. The normalized spacial score (nSPS) is 10.8. The van der Waals surface area contributed by atoms with Crippen LogP contribution in [0.2, 0.25) is 0 Å². The molecule has 2 aromatic heterocycles. The number of para-hydroxylation sites is 1. The zero-order valence-corrected chi connectivity index (χ0v) is 9.90. The summed E-state index contributed by atoms with van der Waals surface area (Å²) in [6, 6.07) is 8.99. The van der Waals surface area contributed by atoms with Crippen LogP contribution < -0.4 is 4.74 Å². The van der Waals surface area contributed by atoms with Crippen molar-refractivity contribution in [1.82, 2.24) is 14.6 Å². The molecule has 1 N–H and O–H groups in total. The molecule has 0 unspecified atom stereocenters. The lowest BCUT2D eigenvalue weighted by atomic mass is 10.3. The number of carbonyl (C=O) groups is 1. The van der Waals surface area contributed by atoms with Crippen molar-refractivity contribution in [2.75, 3.05) is 0 Å². The first-order valence-electron chi connectivity index (χ1n) is 5.47. The summed E-state index contributed by atoms with van der Waals surface area (Å²) >= 11 is 0. The van der Waals surface area contributed by atoms with E-state index in [1.807, 2.05) is 18.2 Å². The van der Waals surface area contributed by atoms with Crippen LogP contribution in [-0.2, 0) is 0 Å². The number of aryl methyl sites for hydroxylation is 1. The van der Waals surface area contributed by atoms with Gasteiger partial charge in [0.05, 0.1) is 0 Å². The van der Waals surface area contributed by atoms with E-state index in [-0.39, 0.29) is 23.3 Å². The van der Waals surface area contributed by atoms with Crippen molar-refractivity contribution >= 4 is 11.8 Å². The summed E-state index contributed by atoms with van der Waals surface area (Å²) in [5.74, 6) is -0.244.